The number of rotatable bonds is 17. The number of hydrogen-bond donors (Lipinski definition) is 2. The van der Waals surface area contributed by atoms with Crippen molar-refractivity contribution in [3.8, 4) is 5.75 Å². The summed E-state index contributed by atoms with van der Waals surface area (Å²) in [6, 6.07) is 9.24. The molecular weight excluding hydrogens is 474 g/mol. The van der Waals surface area contributed by atoms with Crippen molar-refractivity contribution in [2.24, 2.45) is 0 Å². The summed E-state index contributed by atoms with van der Waals surface area (Å²) >= 11 is 3.51. The molecule has 0 saturated carbocycles. The van der Waals surface area contributed by atoms with Gasteiger partial charge in [0, 0.05) is 16.4 Å². The molecule has 2 rings (SSSR count). The van der Waals surface area contributed by atoms with Crippen LogP contribution >= 0.6 is 15.9 Å². The van der Waals surface area contributed by atoms with Crippen LogP contribution in [0.4, 0.5) is 0 Å². The van der Waals surface area contributed by atoms with Crippen LogP contribution in [0.1, 0.15) is 107 Å². The van der Waals surface area contributed by atoms with E-state index in [0.29, 0.717) is 17.5 Å². The van der Waals surface area contributed by atoms with Crippen LogP contribution in [0.2, 0.25) is 0 Å². The van der Waals surface area contributed by atoms with Crippen molar-refractivity contribution < 1.29 is 9.90 Å². The Hall–Kier alpha value is -1.81. The van der Waals surface area contributed by atoms with Gasteiger partial charge in [-0.05, 0) is 43.6 Å². The third-order valence-corrected chi connectivity index (χ3v) is 6.84. The molecule has 0 heterocycles. The SMILES string of the molecule is CCCCCCCCC=CCCCCCCCCNC(=O)c1cc(Br)c2ccccc2c1O. The molecule has 0 radical (unpaired) electrons. The highest BCUT2D eigenvalue weighted by molar-refractivity contribution is 9.10. The minimum Gasteiger partial charge on any atom is -0.506 e. The van der Waals surface area contributed by atoms with E-state index < -0.39 is 0 Å². The van der Waals surface area contributed by atoms with Crippen molar-refractivity contribution in [1.29, 1.82) is 0 Å². The van der Waals surface area contributed by atoms with E-state index in [1.807, 2.05) is 24.3 Å². The second-order valence-electron chi connectivity index (χ2n) is 8.99. The summed E-state index contributed by atoms with van der Waals surface area (Å²) in [6.07, 6.45) is 22.5. The lowest BCUT2D eigenvalue weighted by Crippen LogP contribution is -2.24. The van der Waals surface area contributed by atoms with Gasteiger partial charge in [0.2, 0.25) is 0 Å². The van der Waals surface area contributed by atoms with Crippen LogP contribution in [0.25, 0.3) is 10.8 Å². The van der Waals surface area contributed by atoms with Gasteiger partial charge < -0.3 is 10.4 Å². The summed E-state index contributed by atoms with van der Waals surface area (Å²) < 4.78 is 0.818. The molecule has 2 N–H and O–H groups in total. The molecule has 0 atom stereocenters. The summed E-state index contributed by atoms with van der Waals surface area (Å²) in [5.41, 5.74) is 0.324. The molecule has 3 nitrogen and oxygen atoms in total. The van der Waals surface area contributed by atoms with Crippen LogP contribution in [0.15, 0.2) is 47.0 Å². The predicted octanol–water partition coefficient (Wildman–Crippen LogP) is 9.08. The Balaban J connectivity index is 1.49. The van der Waals surface area contributed by atoms with E-state index in [4.69, 9.17) is 0 Å². The highest BCUT2D eigenvalue weighted by atomic mass is 79.9. The molecule has 0 unspecified atom stereocenters. The maximum atomic E-state index is 12.5. The average Bonchev–Trinajstić information content (AvgIpc) is 2.83. The van der Waals surface area contributed by atoms with Gasteiger partial charge in [-0.25, -0.2) is 0 Å². The van der Waals surface area contributed by atoms with E-state index in [0.717, 1.165) is 22.7 Å². The largest absolute Gasteiger partial charge is 0.506 e. The van der Waals surface area contributed by atoms with Crippen molar-refractivity contribution in [2.45, 2.75) is 96.8 Å². The Morgan fingerprint density at radius 3 is 2.03 bits per heavy atom. The summed E-state index contributed by atoms with van der Waals surface area (Å²) in [6.45, 7) is 2.91. The molecule has 0 spiro atoms. The lowest BCUT2D eigenvalue weighted by molar-refractivity contribution is 0.0950. The van der Waals surface area contributed by atoms with Crippen LogP contribution in [0, 0.1) is 0 Å². The molecule has 182 valence electrons. The molecule has 2 aromatic rings. The number of benzene rings is 2. The second-order valence-corrected chi connectivity index (χ2v) is 9.85. The summed E-state index contributed by atoms with van der Waals surface area (Å²) in [5.74, 6) is -0.168. The molecule has 0 aromatic heterocycles. The standard InChI is InChI=1S/C29H42BrNO2/c1-2-3-4-5-6-7-8-9-10-11-12-13-14-15-16-19-22-31-29(33)26-23-27(30)24-20-17-18-21-25(24)28(26)32/h9-10,17-18,20-21,23,32H,2-8,11-16,19,22H2,1H3,(H,31,33). The topological polar surface area (TPSA) is 49.3 Å². The minimum atomic E-state index is -0.216. The zero-order chi connectivity index (χ0) is 23.7. The van der Waals surface area contributed by atoms with Crippen LogP contribution in [-0.2, 0) is 0 Å². The molecule has 4 heteroatoms. The van der Waals surface area contributed by atoms with E-state index in [-0.39, 0.29) is 11.7 Å². The number of carbonyl (C=O) groups is 1. The first-order valence-corrected chi connectivity index (χ1v) is 13.8. The van der Waals surface area contributed by atoms with E-state index in [9.17, 15) is 9.90 Å². The first kappa shape index (κ1) is 27.4. The van der Waals surface area contributed by atoms with Crippen molar-refractivity contribution in [3.05, 3.63) is 52.5 Å². The zero-order valence-electron chi connectivity index (χ0n) is 20.4. The van der Waals surface area contributed by atoms with Gasteiger partial charge in [0.15, 0.2) is 0 Å². The number of nitrogens with one attached hydrogen (secondary N) is 1. The first-order chi connectivity index (χ1) is 16.1. The first-order valence-electron chi connectivity index (χ1n) is 13.0. The minimum absolute atomic E-state index is 0.0484. The van der Waals surface area contributed by atoms with Gasteiger partial charge in [0.1, 0.15) is 5.75 Å². The van der Waals surface area contributed by atoms with Gasteiger partial charge >= 0.3 is 0 Å². The molecular formula is C29H42BrNO2. The Kier molecular flexibility index (Phi) is 13.9. The summed E-state index contributed by atoms with van der Waals surface area (Å²) in [4.78, 5) is 12.5. The molecule has 0 aliphatic heterocycles. The van der Waals surface area contributed by atoms with E-state index in [1.54, 1.807) is 6.07 Å². The number of phenolic OH excluding ortho intramolecular Hbond substituents is 1. The molecule has 0 bridgehead atoms. The molecule has 0 saturated heterocycles. The predicted molar refractivity (Wildman–Crippen MR) is 145 cm³/mol. The highest BCUT2D eigenvalue weighted by Gasteiger charge is 2.15. The zero-order valence-corrected chi connectivity index (χ0v) is 22.0. The summed E-state index contributed by atoms with van der Waals surface area (Å²) in [5, 5.41) is 15.0. The summed E-state index contributed by atoms with van der Waals surface area (Å²) in [7, 11) is 0. The number of allylic oxidation sites excluding steroid dienone is 2. The average molecular weight is 517 g/mol. The molecule has 2 aromatic carbocycles. The molecule has 1 amide bonds. The van der Waals surface area contributed by atoms with Crippen molar-refractivity contribution in [2.75, 3.05) is 6.54 Å². The van der Waals surface area contributed by atoms with Crippen LogP contribution < -0.4 is 5.32 Å². The van der Waals surface area contributed by atoms with E-state index in [2.05, 4.69) is 40.3 Å². The lowest BCUT2D eigenvalue weighted by Gasteiger charge is -2.10. The quantitative estimate of drug-likeness (QED) is 0.163. The van der Waals surface area contributed by atoms with Crippen LogP contribution in [0.3, 0.4) is 0 Å². The number of hydrogen-bond acceptors (Lipinski definition) is 2. The smallest absolute Gasteiger partial charge is 0.255 e. The van der Waals surface area contributed by atoms with Crippen molar-refractivity contribution in [3.63, 3.8) is 0 Å². The third kappa shape index (κ3) is 10.3. The molecule has 33 heavy (non-hydrogen) atoms. The second kappa shape index (κ2) is 16.7. The number of amides is 1. The van der Waals surface area contributed by atoms with Gasteiger partial charge in [-0.3, -0.25) is 4.79 Å². The van der Waals surface area contributed by atoms with Gasteiger partial charge in [-0.2, -0.15) is 0 Å². The normalized spacial score (nSPS) is 11.5. The number of phenols is 1. The molecule has 0 aliphatic carbocycles. The number of halogens is 1. The number of aromatic hydroxyl groups is 1. The Morgan fingerprint density at radius 1 is 0.848 bits per heavy atom. The van der Waals surface area contributed by atoms with Gasteiger partial charge in [0.05, 0.1) is 5.56 Å². The molecule has 0 fully saturated rings. The fourth-order valence-corrected chi connectivity index (χ4v) is 4.73. The van der Waals surface area contributed by atoms with E-state index in [1.165, 1.54) is 77.0 Å². The maximum Gasteiger partial charge on any atom is 0.255 e. The Labute approximate surface area is 209 Å². The van der Waals surface area contributed by atoms with Crippen molar-refractivity contribution >= 4 is 32.6 Å². The third-order valence-electron chi connectivity index (χ3n) is 6.18. The fourth-order valence-electron chi connectivity index (χ4n) is 4.16. The Bertz CT molecular complexity index is 862. The highest BCUT2D eigenvalue weighted by Crippen LogP contribution is 2.34. The fraction of sp³-hybridized carbons (Fsp3) is 0.552. The van der Waals surface area contributed by atoms with Gasteiger partial charge in [-0.1, -0.05) is 117 Å². The van der Waals surface area contributed by atoms with Crippen molar-refractivity contribution in [1.82, 2.24) is 5.32 Å². The maximum absolute atomic E-state index is 12.5. The number of carbonyl (C=O) groups excluding carboxylic acids is 1. The molecule has 0 aliphatic rings. The van der Waals surface area contributed by atoms with Gasteiger partial charge in [-0.15, -0.1) is 0 Å². The number of unbranched alkanes of at least 4 members (excludes halogenated alkanes) is 12. The number of fused-ring (bicyclic) bond motifs is 1. The van der Waals surface area contributed by atoms with E-state index >= 15 is 0 Å². The van der Waals surface area contributed by atoms with Crippen LogP contribution in [0.5, 0.6) is 5.75 Å². The van der Waals surface area contributed by atoms with Gasteiger partial charge in [0.25, 0.3) is 5.91 Å². The van der Waals surface area contributed by atoms with Crippen LogP contribution in [-0.4, -0.2) is 17.6 Å². The Morgan fingerprint density at radius 2 is 1.39 bits per heavy atom. The monoisotopic (exact) mass is 515 g/mol. The lowest BCUT2D eigenvalue weighted by atomic mass is 10.0.